The number of nitrogens with one attached hydrogen (secondary N) is 1. The van der Waals surface area contributed by atoms with Crippen molar-refractivity contribution >= 4 is 11.9 Å². The van der Waals surface area contributed by atoms with Gasteiger partial charge in [0.2, 0.25) is 11.8 Å². The first-order chi connectivity index (χ1) is 11.5. The first-order valence-corrected chi connectivity index (χ1v) is 8.82. The van der Waals surface area contributed by atoms with E-state index in [1.165, 1.54) is 0 Å². The van der Waals surface area contributed by atoms with Gasteiger partial charge in [0.15, 0.2) is 5.82 Å². The van der Waals surface area contributed by atoms with Crippen LogP contribution in [-0.4, -0.2) is 34.2 Å². The van der Waals surface area contributed by atoms with Crippen LogP contribution in [0.1, 0.15) is 70.0 Å². The molecule has 0 unspecified atom stereocenters. The molecule has 0 radical (unpaired) electrons. The van der Waals surface area contributed by atoms with Gasteiger partial charge in [-0.2, -0.15) is 4.98 Å². The zero-order valence-electron chi connectivity index (χ0n) is 14.3. The number of amides is 1. The second-order valence-electron chi connectivity index (χ2n) is 7.10. The van der Waals surface area contributed by atoms with E-state index in [4.69, 9.17) is 9.26 Å². The van der Waals surface area contributed by atoms with Crippen molar-refractivity contribution in [1.29, 1.82) is 0 Å². The summed E-state index contributed by atoms with van der Waals surface area (Å²) < 4.78 is 10.7. The van der Waals surface area contributed by atoms with Crippen molar-refractivity contribution < 1.29 is 18.8 Å². The van der Waals surface area contributed by atoms with Gasteiger partial charge in [0.1, 0.15) is 5.60 Å². The number of carbonyl (C=O) groups excluding carboxylic acids is 2. The van der Waals surface area contributed by atoms with Gasteiger partial charge in [-0.25, -0.2) is 0 Å². The average Bonchev–Trinajstić information content (AvgIpc) is 3.13. The summed E-state index contributed by atoms with van der Waals surface area (Å²) in [6.07, 6.45) is 5.41. The van der Waals surface area contributed by atoms with Crippen LogP contribution in [0.5, 0.6) is 0 Å². The third-order valence-electron chi connectivity index (χ3n) is 4.98. The van der Waals surface area contributed by atoms with Gasteiger partial charge in [0.05, 0.1) is 12.3 Å². The molecule has 1 spiro atoms. The van der Waals surface area contributed by atoms with Crippen LogP contribution in [-0.2, 0) is 20.7 Å². The van der Waals surface area contributed by atoms with Crippen molar-refractivity contribution in [2.75, 3.05) is 6.54 Å². The second-order valence-corrected chi connectivity index (χ2v) is 7.10. The highest BCUT2D eigenvalue weighted by Crippen LogP contribution is 2.44. The molecule has 132 valence electrons. The second kappa shape index (κ2) is 6.91. The molecule has 1 atom stereocenters. The highest BCUT2D eigenvalue weighted by atomic mass is 16.6. The standard InChI is InChI=1S/C17H25N3O4/c1-11(2)15-19-13(24-20-15)6-9-18-16(22)12-10-14(21)23-17(12)7-4-3-5-8-17/h11-12H,3-10H2,1-2H3,(H,18,22)/t12-/m0/s1. The minimum atomic E-state index is -0.575. The Morgan fingerprint density at radius 3 is 2.75 bits per heavy atom. The van der Waals surface area contributed by atoms with Crippen molar-refractivity contribution in [2.45, 2.75) is 70.3 Å². The predicted molar refractivity (Wildman–Crippen MR) is 85.1 cm³/mol. The Kier molecular flexibility index (Phi) is 4.87. The van der Waals surface area contributed by atoms with Crippen LogP contribution >= 0.6 is 0 Å². The largest absolute Gasteiger partial charge is 0.458 e. The van der Waals surface area contributed by atoms with E-state index in [1.54, 1.807) is 0 Å². The average molecular weight is 335 g/mol. The summed E-state index contributed by atoms with van der Waals surface area (Å²) in [7, 11) is 0. The summed E-state index contributed by atoms with van der Waals surface area (Å²) in [5.74, 6) is 0.670. The van der Waals surface area contributed by atoms with E-state index < -0.39 is 5.60 Å². The molecule has 2 aliphatic rings. The Balaban J connectivity index is 1.54. The number of carbonyl (C=O) groups is 2. The van der Waals surface area contributed by atoms with Crippen LogP contribution in [0.3, 0.4) is 0 Å². The molecule has 1 aliphatic carbocycles. The van der Waals surface area contributed by atoms with Crippen LogP contribution in [0, 0.1) is 5.92 Å². The van der Waals surface area contributed by atoms with E-state index >= 15 is 0 Å². The number of rotatable bonds is 5. The molecule has 2 heterocycles. The van der Waals surface area contributed by atoms with Gasteiger partial charge in [-0.15, -0.1) is 0 Å². The molecule has 0 bridgehead atoms. The maximum absolute atomic E-state index is 12.6. The summed E-state index contributed by atoms with van der Waals surface area (Å²) in [5.41, 5.74) is -0.575. The zero-order chi connectivity index (χ0) is 17.2. The molecule has 7 nitrogen and oxygen atoms in total. The fraction of sp³-hybridized carbons (Fsp3) is 0.765. The molecule has 1 saturated heterocycles. The summed E-state index contributed by atoms with van der Waals surface area (Å²) in [6, 6.07) is 0. The van der Waals surface area contributed by atoms with Crippen molar-refractivity contribution in [1.82, 2.24) is 15.5 Å². The molecule has 1 aromatic rings. The third-order valence-corrected chi connectivity index (χ3v) is 4.98. The van der Waals surface area contributed by atoms with Crippen molar-refractivity contribution in [3.8, 4) is 0 Å². The monoisotopic (exact) mass is 335 g/mol. The first-order valence-electron chi connectivity index (χ1n) is 8.82. The quantitative estimate of drug-likeness (QED) is 0.828. The highest BCUT2D eigenvalue weighted by Gasteiger charge is 2.52. The maximum atomic E-state index is 12.6. The number of nitrogens with zero attached hydrogens (tertiary/aromatic N) is 2. The Morgan fingerprint density at radius 1 is 1.33 bits per heavy atom. The SMILES string of the molecule is CC(C)c1noc(CCNC(=O)[C@@H]2CC(=O)OC23CCCCC3)n1. The van der Waals surface area contributed by atoms with Gasteiger partial charge < -0.3 is 14.6 Å². The predicted octanol–water partition coefficient (Wildman–Crippen LogP) is 2.12. The normalized spacial score (nSPS) is 22.8. The summed E-state index contributed by atoms with van der Waals surface area (Å²) in [5, 5.41) is 6.81. The fourth-order valence-electron chi connectivity index (χ4n) is 3.64. The lowest BCUT2D eigenvalue weighted by atomic mass is 9.75. The zero-order valence-corrected chi connectivity index (χ0v) is 14.3. The molecule has 24 heavy (non-hydrogen) atoms. The molecule has 0 aromatic carbocycles. The molecule has 1 N–H and O–H groups in total. The van der Waals surface area contributed by atoms with Crippen LogP contribution in [0.15, 0.2) is 4.52 Å². The number of ether oxygens (including phenoxy) is 1. The molecular formula is C17H25N3O4. The van der Waals surface area contributed by atoms with Gasteiger partial charge in [-0.3, -0.25) is 9.59 Å². The summed E-state index contributed by atoms with van der Waals surface area (Å²) >= 11 is 0. The van der Waals surface area contributed by atoms with E-state index in [2.05, 4.69) is 15.5 Å². The molecule has 1 amide bonds. The maximum Gasteiger partial charge on any atom is 0.307 e. The van der Waals surface area contributed by atoms with Gasteiger partial charge in [0.25, 0.3) is 0 Å². The summed E-state index contributed by atoms with van der Waals surface area (Å²) in [4.78, 5) is 28.6. The van der Waals surface area contributed by atoms with E-state index in [0.29, 0.717) is 24.7 Å². The Morgan fingerprint density at radius 2 is 2.08 bits per heavy atom. The molecule has 1 aromatic heterocycles. The van der Waals surface area contributed by atoms with E-state index in [0.717, 1.165) is 32.1 Å². The Labute approximate surface area is 141 Å². The Bertz CT molecular complexity index is 605. The summed E-state index contributed by atoms with van der Waals surface area (Å²) in [6.45, 7) is 4.41. The lowest BCUT2D eigenvalue weighted by Crippen LogP contribution is -2.46. The van der Waals surface area contributed by atoms with Gasteiger partial charge >= 0.3 is 5.97 Å². The topological polar surface area (TPSA) is 94.3 Å². The van der Waals surface area contributed by atoms with Crippen LogP contribution in [0.4, 0.5) is 0 Å². The minimum Gasteiger partial charge on any atom is -0.458 e. The number of aromatic nitrogens is 2. The first kappa shape index (κ1) is 16.9. The highest BCUT2D eigenvalue weighted by molar-refractivity contribution is 5.87. The van der Waals surface area contributed by atoms with Gasteiger partial charge in [-0.1, -0.05) is 25.4 Å². The van der Waals surface area contributed by atoms with E-state index in [-0.39, 0.29) is 30.1 Å². The van der Waals surface area contributed by atoms with Gasteiger partial charge in [0, 0.05) is 18.9 Å². The van der Waals surface area contributed by atoms with Gasteiger partial charge in [-0.05, 0) is 25.7 Å². The lowest BCUT2D eigenvalue weighted by molar-refractivity contribution is -0.153. The lowest BCUT2D eigenvalue weighted by Gasteiger charge is -2.36. The molecule has 3 rings (SSSR count). The smallest absolute Gasteiger partial charge is 0.307 e. The molecular weight excluding hydrogens is 310 g/mol. The minimum absolute atomic E-state index is 0.105. The molecule has 1 aliphatic heterocycles. The Hall–Kier alpha value is -1.92. The molecule has 2 fully saturated rings. The third kappa shape index (κ3) is 3.44. The molecule has 7 heteroatoms. The fourth-order valence-corrected chi connectivity index (χ4v) is 3.64. The number of hydrogen-bond acceptors (Lipinski definition) is 6. The van der Waals surface area contributed by atoms with Crippen LogP contribution in [0.25, 0.3) is 0 Å². The van der Waals surface area contributed by atoms with Crippen molar-refractivity contribution in [2.24, 2.45) is 5.92 Å². The number of esters is 1. The van der Waals surface area contributed by atoms with Crippen LogP contribution < -0.4 is 5.32 Å². The van der Waals surface area contributed by atoms with Crippen molar-refractivity contribution in [3.05, 3.63) is 11.7 Å². The van der Waals surface area contributed by atoms with Crippen molar-refractivity contribution in [3.63, 3.8) is 0 Å². The molecule has 1 saturated carbocycles. The van der Waals surface area contributed by atoms with E-state index in [1.807, 2.05) is 13.8 Å². The number of hydrogen-bond donors (Lipinski definition) is 1. The van der Waals surface area contributed by atoms with Crippen LogP contribution in [0.2, 0.25) is 0 Å². The van der Waals surface area contributed by atoms with E-state index in [9.17, 15) is 9.59 Å².